The monoisotopic (exact) mass is 258 g/mol. The van der Waals surface area contributed by atoms with Gasteiger partial charge < -0.3 is 4.90 Å². The van der Waals surface area contributed by atoms with Gasteiger partial charge in [-0.25, -0.2) is 0 Å². The van der Waals surface area contributed by atoms with Gasteiger partial charge >= 0.3 is 0 Å². The van der Waals surface area contributed by atoms with Crippen molar-refractivity contribution in [2.45, 2.75) is 32.6 Å². The summed E-state index contributed by atoms with van der Waals surface area (Å²) >= 11 is 0. The average molecular weight is 258 g/mol. The van der Waals surface area contributed by atoms with E-state index in [4.69, 9.17) is 0 Å². The van der Waals surface area contributed by atoms with Crippen molar-refractivity contribution in [3.05, 3.63) is 48.6 Å². The van der Waals surface area contributed by atoms with Crippen molar-refractivity contribution in [2.24, 2.45) is 5.92 Å². The van der Waals surface area contributed by atoms with Gasteiger partial charge in [-0.15, -0.1) is 0 Å². The van der Waals surface area contributed by atoms with Gasteiger partial charge in [-0.1, -0.05) is 56.8 Å². The minimum atomic E-state index is -0.0618. The third-order valence-electron chi connectivity index (χ3n) is 3.74. The molecule has 1 heterocycles. The van der Waals surface area contributed by atoms with Crippen LogP contribution < -0.4 is 0 Å². The lowest BCUT2D eigenvalue weighted by Gasteiger charge is -2.29. The van der Waals surface area contributed by atoms with Gasteiger partial charge in [-0.2, -0.15) is 0 Å². The van der Waals surface area contributed by atoms with Crippen LogP contribution >= 0.6 is 0 Å². The number of benzene rings is 1. The second kappa shape index (κ2) is 5.57. The molecule has 0 radical (unpaired) electrons. The summed E-state index contributed by atoms with van der Waals surface area (Å²) < 4.78 is 0. The number of nitrogens with zero attached hydrogens (tertiary/aromatic N) is 2. The van der Waals surface area contributed by atoms with Gasteiger partial charge in [-0.3, -0.25) is 9.69 Å². The molecule has 1 saturated heterocycles. The Labute approximate surface area is 115 Å². The number of carbonyl (C=O) groups excluding carboxylic acids is 1. The molecule has 3 heteroatoms. The van der Waals surface area contributed by atoms with Crippen molar-refractivity contribution in [3.63, 3.8) is 0 Å². The Morgan fingerprint density at radius 2 is 1.95 bits per heavy atom. The van der Waals surface area contributed by atoms with Gasteiger partial charge in [0.25, 0.3) is 0 Å². The average Bonchev–Trinajstić information content (AvgIpc) is 2.62. The van der Waals surface area contributed by atoms with E-state index in [1.807, 2.05) is 31.3 Å². The first-order chi connectivity index (χ1) is 9.06. The fourth-order valence-corrected chi connectivity index (χ4v) is 2.82. The highest BCUT2D eigenvalue weighted by Crippen LogP contribution is 2.28. The molecule has 102 valence electrons. The van der Waals surface area contributed by atoms with E-state index in [0.29, 0.717) is 5.92 Å². The lowest BCUT2D eigenvalue weighted by atomic mass is 10.0. The molecule has 19 heavy (non-hydrogen) atoms. The third-order valence-corrected chi connectivity index (χ3v) is 3.74. The lowest BCUT2D eigenvalue weighted by molar-refractivity contribution is -0.129. The molecule has 1 aromatic carbocycles. The summed E-state index contributed by atoms with van der Waals surface area (Å²) in [5.74, 6) is 0.486. The SMILES string of the molecule is C=C[C@@H]1N(C)C(=O)[C@H](C(C)C)N1Cc1ccccc1. The highest BCUT2D eigenvalue weighted by Gasteiger charge is 2.43. The third kappa shape index (κ3) is 2.56. The van der Waals surface area contributed by atoms with Crippen LogP contribution in [0.25, 0.3) is 0 Å². The van der Waals surface area contributed by atoms with E-state index in [0.717, 1.165) is 6.54 Å². The fourth-order valence-electron chi connectivity index (χ4n) is 2.82. The lowest BCUT2D eigenvalue weighted by Crippen LogP contribution is -2.40. The van der Waals surface area contributed by atoms with E-state index >= 15 is 0 Å². The van der Waals surface area contributed by atoms with Crippen LogP contribution in [0.1, 0.15) is 19.4 Å². The zero-order valence-corrected chi connectivity index (χ0v) is 11.9. The Morgan fingerprint density at radius 3 is 2.47 bits per heavy atom. The molecule has 0 aliphatic carbocycles. The van der Waals surface area contributed by atoms with Crippen LogP contribution in [0.5, 0.6) is 0 Å². The van der Waals surface area contributed by atoms with E-state index < -0.39 is 0 Å². The van der Waals surface area contributed by atoms with Crippen molar-refractivity contribution in [1.82, 2.24) is 9.80 Å². The highest BCUT2D eigenvalue weighted by atomic mass is 16.2. The standard InChI is InChI=1S/C16H22N2O/c1-5-14-17(4)16(19)15(12(2)3)18(14)11-13-9-7-6-8-10-13/h5-10,12,14-15H,1,11H2,2-4H3/t14-,15+/m1/s1. The summed E-state index contributed by atoms with van der Waals surface area (Å²) in [6.07, 6.45) is 1.84. The Balaban J connectivity index is 2.28. The molecule has 0 saturated carbocycles. The minimum Gasteiger partial charge on any atom is -0.325 e. The number of likely N-dealkylation sites (N-methyl/N-ethyl adjacent to an activating group) is 1. The minimum absolute atomic E-state index is 0.0138. The van der Waals surface area contributed by atoms with Gasteiger partial charge in [0.05, 0.1) is 6.04 Å². The second-order valence-corrected chi connectivity index (χ2v) is 5.45. The molecular weight excluding hydrogens is 236 g/mol. The zero-order chi connectivity index (χ0) is 14.0. The van der Waals surface area contributed by atoms with Crippen molar-refractivity contribution in [1.29, 1.82) is 0 Å². The first kappa shape index (κ1) is 13.8. The number of hydrogen-bond donors (Lipinski definition) is 0. The van der Waals surface area contributed by atoms with Crippen LogP contribution in [0.3, 0.4) is 0 Å². The fraction of sp³-hybridized carbons (Fsp3) is 0.438. The van der Waals surface area contributed by atoms with Crippen LogP contribution in [-0.4, -0.2) is 35.0 Å². The van der Waals surface area contributed by atoms with Crippen molar-refractivity contribution in [2.75, 3.05) is 7.05 Å². The normalized spacial score (nSPS) is 24.2. The van der Waals surface area contributed by atoms with Crippen molar-refractivity contribution >= 4 is 5.91 Å². The maximum atomic E-state index is 12.4. The summed E-state index contributed by atoms with van der Waals surface area (Å²) in [6, 6.07) is 10.2. The quantitative estimate of drug-likeness (QED) is 0.775. The smallest absolute Gasteiger partial charge is 0.241 e. The molecule has 3 nitrogen and oxygen atoms in total. The van der Waals surface area contributed by atoms with Gasteiger partial charge in [0.15, 0.2) is 0 Å². The maximum absolute atomic E-state index is 12.4. The Hall–Kier alpha value is -1.61. The predicted octanol–water partition coefficient (Wildman–Crippen LogP) is 2.50. The number of amides is 1. The summed E-state index contributed by atoms with van der Waals surface area (Å²) in [5.41, 5.74) is 1.23. The molecule has 0 aromatic heterocycles. The molecule has 0 spiro atoms. The molecule has 0 bridgehead atoms. The van der Waals surface area contributed by atoms with Gasteiger partial charge in [0, 0.05) is 13.6 Å². The first-order valence-electron chi connectivity index (χ1n) is 6.75. The van der Waals surface area contributed by atoms with Crippen molar-refractivity contribution < 1.29 is 4.79 Å². The summed E-state index contributed by atoms with van der Waals surface area (Å²) in [6.45, 7) is 8.85. The first-order valence-corrected chi connectivity index (χ1v) is 6.75. The summed E-state index contributed by atoms with van der Waals surface area (Å²) in [4.78, 5) is 16.4. The molecule has 2 atom stereocenters. The predicted molar refractivity (Wildman–Crippen MR) is 77.4 cm³/mol. The van der Waals surface area contributed by atoms with E-state index in [1.54, 1.807) is 4.90 Å². The summed E-state index contributed by atoms with van der Waals surface area (Å²) in [5, 5.41) is 0. The van der Waals surface area contributed by atoms with Gasteiger partial charge in [-0.05, 0) is 11.5 Å². The highest BCUT2D eigenvalue weighted by molar-refractivity contribution is 5.84. The van der Waals surface area contributed by atoms with Gasteiger partial charge in [0.2, 0.25) is 5.91 Å². The van der Waals surface area contributed by atoms with Crippen LogP contribution in [0.4, 0.5) is 0 Å². The molecule has 0 unspecified atom stereocenters. The molecule has 1 aromatic rings. The Bertz CT molecular complexity index is 455. The van der Waals surface area contributed by atoms with Gasteiger partial charge in [0.1, 0.15) is 6.17 Å². The van der Waals surface area contributed by atoms with E-state index in [-0.39, 0.29) is 18.1 Å². The van der Waals surface area contributed by atoms with E-state index in [1.165, 1.54) is 5.56 Å². The van der Waals surface area contributed by atoms with Crippen LogP contribution in [0.15, 0.2) is 43.0 Å². The molecule has 0 N–H and O–H groups in total. The second-order valence-electron chi connectivity index (χ2n) is 5.45. The topological polar surface area (TPSA) is 23.6 Å². The Morgan fingerprint density at radius 1 is 1.32 bits per heavy atom. The largest absolute Gasteiger partial charge is 0.325 e. The van der Waals surface area contributed by atoms with Crippen molar-refractivity contribution in [3.8, 4) is 0 Å². The molecule has 1 aliphatic heterocycles. The number of hydrogen-bond acceptors (Lipinski definition) is 2. The number of carbonyl (C=O) groups is 1. The van der Waals surface area contributed by atoms with Crippen LogP contribution in [0, 0.1) is 5.92 Å². The Kier molecular flexibility index (Phi) is 4.05. The maximum Gasteiger partial charge on any atom is 0.241 e. The van der Waals surface area contributed by atoms with E-state index in [2.05, 4.69) is 37.5 Å². The van der Waals surface area contributed by atoms with Crippen LogP contribution in [-0.2, 0) is 11.3 Å². The molecule has 1 aliphatic rings. The summed E-state index contributed by atoms with van der Waals surface area (Å²) in [7, 11) is 1.86. The molecule has 1 fully saturated rings. The molecule has 2 rings (SSSR count). The van der Waals surface area contributed by atoms with E-state index in [9.17, 15) is 4.79 Å². The number of rotatable bonds is 4. The molecule has 1 amide bonds. The molecular formula is C16H22N2O. The zero-order valence-electron chi connectivity index (χ0n) is 11.9. The van der Waals surface area contributed by atoms with Crippen LogP contribution in [0.2, 0.25) is 0 Å².